The summed E-state index contributed by atoms with van der Waals surface area (Å²) >= 11 is 0. The zero-order valence-electron chi connectivity index (χ0n) is 6.80. The Bertz CT molecular complexity index is 165. The summed E-state index contributed by atoms with van der Waals surface area (Å²) in [5.41, 5.74) is 0. The summed E-state index contributed by atoms with van der Waals surface area (Å²) in [6.07, 6.45) is 2.86. The lowest BCUT2D eigenvalue weighted by Gasteiger charge is -2.20. The van der Waals surface area contributed by atoms with Gasteiger partial charge in [-0.2, -0.15) is 10.5 Å². The zero-order chi connectivity index (χ0) is 8.74. The molecule has 0 aromatic carbocycles. The molecule has 0 heterocycles. The van der Waals surface area contributed by atoms with E-state index >= 15 is 0 Å². The van der Waals surface area contributed by atoms with Crippen molar-refractivity contribution >= 4 is 9.24 Å². The first-order valence-electron chi connectivity index (χ1n) is 3.65. The lowest BCUT2D eigenvalue weighted by molar-refractivity contribution is 0.557. The third-order valence-corrected chi connectivity index (χ3v) is 2.19. The quantitative estimate of drug-likeness (QED) is 0.604. The van der Waals surface area contributed by atoms with Gasteiger partial charge in [-0.05, 0) is 18.0 Å². The number of nitrogens with zero attached hydrogens (tertiary/aromatic N) is 2. The van der Waals surface area contributed by atoms with Gasteiger partial charge in [-0.25, -0.2) is 0 Å². The SMILES string of the molecule is CC(P)(CCC#N)CCC#N. The van der Waals surface area contributed by atoms with Gasteiger partial charge in [0.25, 0.3) is 0 Å². The van der Waals surface area contributed by atoms with E-state index in [0.29, 0.717) is 12.8 Å². The topological polar surface area (TPSA) is 47.6 Å². The Morgan fingerprint density at radius 1 is 1.18 bits per heavy atom. The lowest BCUT2D eigenvalue weighted by atomic mass is 9.99. The highest BCUT2D eigenvalue weighted by molar-refractivity contribution is 7.18. The highest BCUT2D eigenvalue weighted by atomic mass is 31.0. The molecular weight excluding hydrogens is 155 g/mol. The van der Waals surface area contributed by atoms with Crippen LogP contribution >= 0.6 is 9.24 Å². The Kier molecular flexibility index (Phi) is 4.84. The van der Waals surface area contributed by atoms with E-state index in [-0.39, 0.29) is 5.16 Å². The van der Waals surface area contributed by atoms with Gasteiger partial charge in [0, 0.05) is 12.8 Å². The molecule has 3 heteroatoms. The Balaban J connectivity index is 3.64. The van der Waals surface area contributed by atoms with Crippen LogP contribution in [0.25, 0.3) is 0 Å². The van der Waals surface area contributed by atoms with E-state index in [1.165, 1.54) is 0 Å². The predicted molar refractivity (Wildman–Crippen MR) is 47.8 cm³/mol. The smallest absolute Gasteiger partial charge is 0.0622 e. The van der Waals surface area contributed by atoms with Crippen LogP contribution in [0.3, 0.4) is 0 Å². The number of rotatable bonds is 4. The minimum Gasteiger partial charge on any atom is -0.198 e. The number of hydrogen-bond acceptors (Lipinski definition) is 2. The van der Waals surface area contributed by atoms with Crippen LogP contribution in [-0.4, -0.2) is 5.16 Å². The molecule has 0 aromatic heterocycles. The number of nitriles is 2. The minimum atomic E-state index is 0.0749. The summed E-state index contributed by atoms with van der Waals surface area (Å²) < 4.78 is 0. The van der Waals surface area contributed by atoms with Crippen molar-refractivity contribution in [2.75, 3.05) is 0 Å². The monoisotopic (exact) mass is 168 g/mol. The van der Waals surface area contributed by atoms with Crippen LogP contribution in [0.15, 0.2) is 0 Å². The van der Waals surface area contributed by atoms with E-state index in [0.717, 1.165) is 12.8 Å². The molecule has 0 aliphatic rings. The van der Waals surface area contributed by atoms with Crippen LogP contribution in [-0.2, 0) is 0 Å². The average Bonchev–Trinajstić information content (AvgIpc) is 1.97. The molecule has 0 saturated heterocycles. The third kappa shape index (κ3) is 5.84. The Morgan fingerprint density at radius 3 is 1.82 bits per heavy atom. The lowest BCUT2D eigenvalue weighted by Crippen LogP contribution is -2.14. The molecule has 0 aliphatic heterocycles. The maximum absolute atomic E-state index is 8.33. The molecule has 0 radical (unpaired) electrons. The van der Waals surface area contributed by atoms with E-state index in [1.807, 2.05) is 0 Å². The minimum absolute atomic E-state index is 0.0749. The van der Waals surface area contributed by atoms with Gasteiger partial charge >= 0.3 is 0 Å². The standard InChI is InChI=1S/C8H13N2P/c1-8(11,4-2-6-9)5-3-7-10/h2-5,11H2,1H3. The van der Waals surface area contributed by atoms with Crippen molar-refractivity contribution in [3.8, 4) is 12.1 Å². The summed E-state index contributed by atoms with van der Waals surface area (Å²) in [4.78, 5) is 0. The first kappa shape index (κ1) is 10.4. The average molecular weight is 168 g/mol. The van der Waals surface area contributed by atoms with E-state index in [2.05, 4.69) is 28.3 Å². The maximum Gasteiger partial charge on any atom is 0.0622 e. The van der Waals surface area contributed by atoms with Gasteiger partial charge in [-0.1, -0.05) is 6.92 Å². The molecule has 0 aromatic rings. The highest BCUT2D eigenvalue weighted by Crippen LogP contribution is 2.28. The van der Waals surface area contributed by atoms with Crippen LogP contribution in [0.1, 0.15) is 32.6 Å². The molecule has 0 bridgehead atoms. The molecule has 11 heavy (non-hydrogen) atoms. The number of hydrogen-bond donors (Lipinski definition) is 0. The molecule has 1 unspecified atom stereocenters. The highest BCUT2D eigenvalue weighted by Gasteiger charge is 2.16. The summed E-state index contributed by atoms with van der Waals surface area (Å²) in [5.74, 6) is 0. The second kappa shape index (κ2) is 5.11. The Labute approximate surface area is 70.4 Å². The summed E-state index contributed by atoms with van der Waals surface area (Å²) in [5, 5.41) is 16.7. The first-order valence-corrected chi connectivity index (χ1v) is 4.23. The van der Waals surface area contributed by atoms with Gasteiger partial charge in [0.1, 0.15) is 0 Å². The summed E-state index contributed by atoms with van der Waals surface area (Å²) in [7, 11) is 2.71. The van der Waals surface area contributed by atoms with Crippen LogP contribution in [0.2, 0.25) is 0 Å². The van der Waals surface area contributed by atoms with E-state index < -0.39 is 0 Å². The Hall–Kier alpha value is -0.590. The van der Waals surface area contributed by atoms with Crippen molar-refractivity contribution in [3.63, 3.8) is 0 Å². The van der Waals surface area contributed by atoms with E-state index in [9.17, 15) is 0 Å². The molecule has 0 N–H and O–H groups in total. The third-order valence-electron chi connectivity index (χ3n) is 1.62. The van der Waals surface area contributed by atoms with Gasteiger partial charge < -0.3 is 0 Å². The normalized spacial score (nSPS) is 10.2. The van der Waals surface area contributed by atoms with E-state index in [1.54, 1.807) is 0 Å². The molecule has 0 aliphatic carbocycles. The largest absolute Gasteiger partial charge is 0.198 e. The fourth-order valence-electron chi connectivity index (χ4n) is 0.808. The van der Waals surface area contributed by atoms with Gasteiger partial charge in [0.05, 0.1) is 12.1 Å². The van der Waals surface area contributed by atoms with Crippen LogP contribution in [0.5, 0.6) is 0 Å². The van der Waals surface area contributed by atoms with E-state index in [4.69, 9.17) is 10.5 Å². The first-order chi connectivity index (χ1) is 5.12. The van der Waals surface area contributed by atoms with Crippen molar-refractivity contribution in [1.29, 1.82) is 10.5 Å². The molecule has 0 saturated carbocycles. The van der Waals surface area contributed by atoms with Crippen molar-refractivity contribution in [3.05, 3.63) is 0 Å². The second-order valence-corrected chi connectivity index (χ2v) is 4.36. The molecule has 0 rings (SSSR count). The van der Waals surface area contributed by atoms with Gasteiger partial charge in [0.15, 0.2) is 0 Å². The van der Waals surface area contributed by atoms with Crippen molar-refractivity contribution < 1.29 is 0 Å². The van der Waals surface area contributed by atoms with Gasteiger partial charge in [-0.3, -0.25) is 0 Å². The molecule has 0 spiro atoms. The van der Waals surface area contributed by atoms with Crippen LogP contribution in [0.4, 0.5) is 0 Å². The zero-order valence-corrected chi connectivity index (χ0v) is 7.95. The molecule has 0 amide bonds. The van der Waals surface area contributed by atoms with Gasteiger partial charge in [0.2, 0.25) is 0 Å². The fraction of sp³-hybridized carbons (Fsp3) is 0.750. The summed E-state index contributed by atoms with van der Waals surface area (Å²) in [6.45, 7) is 2.06. The predicted octanol–water partition coefficient (Wildman–Crippen LogP) is 2.23. The summed E-state index contributed by atoms with van der Waals surface area (Å²) in [6, 6.07) is 4.21. The second-order valence-electron chi connectivity index (χ2n) is 2.97. The molecule has 2 nitrogen and oxygen atoms in total. The van der Waals surface area contributed by atoms with Crippen LogP contribution in [0, 0.1) is 22.7 Å². The van der Waals surface area contributed by atoms with Crippen LogP contribution < -0.4 is 0 Å². The van der Waals surface area contributed by atoms with Gasteiger partial charge in [-0.15, -0.1) is 9.24 Å². The molecule has 1 atom stereocenters. The molecule has 60 valence electrons. The van der Waals surface area contributed by atoms with Crippen molar-refractivity contribution in [1.82, 2.24) is 0 Å². The van der Waals surface area contributed by atoms with Crippen molar-refractivity contribution in [2.24, 2.45) is 0 Å². The Morgan fingerprint density at radius 2 is 1.55 bits per heavy atom. The molecular formula is C8H13N2P. The maximum atomic E-state index is 8.33. The molecule has 0 fully saturated rings. The fourth-order valence-corrected chi connectivity index (χ4v) is 1.10. The van der Waals surface area contributed by atoms with Crippen molar-refractivity contribution in [2.45, 2.75) is 37.8 Å².